The summed E-state index contributed by atoms with van der Waals surface area (Å²) in [5.74, 6) is 0.0459. The van der Waals surface area contributed by atoms with Crippen LogP contribution in [0.2, 0.25) is 0 Å². The number of benzene rings is 1. The van der Waals surface area contributed by atoms with E-state index in [-0.39, 0.29) is 24.5 Å². The van der Waals surface area contributed by atoms with Crippen LogP contribution in [0.25, 0.3) is 0 Å². The first-order chi connectivity index (χ1) is 8.60. The van der Waals surface area contributed by atoms with Gasteiger partial charge in [0.1, 0.15) is 0 Å². The lowest BCUT2D eigenvalue weighted by molar-refractivity contribution is 0.0897. The molecular weight excluding hydrogens is 228 g/mol. The number of hydrogen-bond acceptors (Lipinski definition) is 3. The molecule has 0 saturated heterocycles. The van der Waals surface area contributed by atoms with E-state index in [1.807, 2.05) is 39.0 Å². The molecule has 3 N–H and O–H groups in total. The lowest BCUT2D eigenvalue weighted by Gasteiger charge is -2.20. The first-order valence-electron chi connectivity index (χ1n) is 6.34. The van der Waals surface area contributed by atoms with Gasteiger partial charge in [-0.15, -0.1) is 0 Å². The number of carbonyl (C=O) groups is 1. The minimum Gasteiger partial charge on any atom is -0.394 e. The molecular formula is C14H22N2O2. The minimum atomic E-state index is -0.216. The first kappa shape index (κ1) is 14.5. The highest BCUT2D eigenvalue weighted by Gasteiger charge is 2.17. The Kier molecular flexibility index (Phi) is 5.65. The van der Waals surface area contributed by atoms with Crippen molar-refractivity contribution in [1.29, 1.82) is 0 Å². The summed E-state index contributed by atoms with van der Waals surface area (Å²) in [5.41, 5.74) is 1.43. The Hall–Kier alpha value is -1.55. The highest BCUT2D eigenvalue weighted by Crippen LogP contribution is 2.15. The molecule has 0 aliphatic rings. The second kappa shape index (κ2) is 7.01. The summed E-state index contributed by atoms with van der Waals surface area (Å²) in [5, 5.41) is 15.2. The van der Waals surface area contributed by atoms with Crippen LogP contribution in [0.4, 0.5) is 5.69 Å². The highest BCUT2D eigenvalue weighted by molar-refractivity contribution is 5.99. The predicted octanol–water partition coefficient (Wildman–Crippen LogP) is 1.87. The fourth-order valence-corrected chi connectivity index (χ4v) is 1.69. The SMILES string of the molecule is CCNc1ccccc1C(=O)NC(CO)C(C)C. The zero-order chi connectivity index (χ0) is 13.5. The van der Waals surface area contributed by atoms with E-state index in [0.29, 0.717) is 5.56 Å². The summed E-state index contributed by atoms with van der Waals surface area (Å²) >= 11 is 0. The molecule has 1 amide bonds. The van der Waals surface area contributed by atoms with E-state index in [1.165, 1.54) is 0 Å². The van der Waals surface area contributed by atoms with Crippen LogP contribution in [0.15, 0.2) is 24.3 Å². The van der Waals surface area contributed by atoms with E-state index in [4.69, 9.17) is 0 Å². The van der Waals surface area contributed by atoms with Gasteiger partial charge in [-0.05, 0) is 25.0 Å². The Labute approximate surface area is 108 Å². The van der Waals surface area contributed by atoms with Crippen LogP contribution in [0.1, 0.15) is 31.1 Å². The molecule has 4 nitrogen and oxygen atoms in total. The van der Waals surface area contributed by atoms with E-state index >= 15 is 0 Å². The third-order valence-corrected chi connectivity index (χ3v) is 2.86. The summed E-state index contributed by atoms with van der Waals surface area (Å²) in [6.07, 6.45) is 0. The molecule has 0 radical (unpaired) electrons. The molecule has 1 aromatic rings. The summed E-state index contributed by atoms with van der Waals surface area (Å²) in [6.45, 7) is 6.64. The van der Waals surface area contributed by atoms with Crippen LogP contribution >= 0.6 is 0 Å². The standard InChI is InChI=1S/C14H22N2O2/c1-4-15-12-8-6-5-7-11(12)14(18)16-13(9-17)10(2)3/h5-8,10,13,15,17H,4,9H2,1-3H3,(H,16,18). The maximum Gasteiger partial charge on any atom is 0.253 e. The lowest BCUT2D eigenvalue weighted by Crippen LogP contribution is -2.41. The van der Waals surface area contributed by atoms with Crippen molar-refractivity contribution in [2.24, 2.45) is 5.92 Å². The number of hydrogen-bond donors (Lipinski definition) is 3. The van der Waals surface area contributed by atoms with Gasteiger partial charge in [-0.1, -0.05) is 26.0 Å². The Bertz CT molecular complexity index is 391. The molecule has 1 atom stereocenters. The van der Waals surface area contributed by atoms with Gasteiger partial charge >= 0.3 is 0 Å². The maximum absolute atomic E-state index is 12.2. The number of rotatable bonds is 6. The third-order valence-electron chi connectivity index (χ3n) is 2.86. The molecule has 0 fully saturated rings. The largest absolute Gasteiger partial charge is 0.394 e. The molecule has 0 heterocycles. The van der Waals surface area contributed by atoms with E-state index in [2.05, 4.69) is 10.6 Å². The average molecular weight is 250 g/mol. The van der Waals surface area contributed by atoms with Crippen molar-refractivity contribution in [1.82, 2.24) is 5.32 Å². The van der Waals surface area contributed by atoms with Gasteiger partial charge in [0.15, 0.2) is 0 Å². The number of para-hydroxylation sites is 1. The molecule has 0 bridgehead atoms. The molecule has 0 spiro atoms. The van der Waals surface area contributed by atoms with E-state index < -0.39 is 0 Å². The molecule has 4 heteroatoms. The second-order valence-electron chi connectivity index (χ2n) is 4.58. The van der Waals surface area contributed by atoms with Gasteiger partial charge in [-0.2, -0.15) is 0 Å². The topological polar surface area (TPSA) is 61.4 Å². The van der Waals surface area contributed by atoms with Crippen LogP contribution in [0.5, 0.6) is 0 Å². The zero-order valence-electron chi connectivity index (χ0n) is 11.2. The number of aliphatic hydroxyl groups is 1. The lowest BCUT2D eigenvalue weighted by atomic mass is 10.0. The molecule has 18 heavy (non-hydrogen) atoms. The van der Waals surface area contributed by atoms with E-state index in [1.54, 1.807) is 6.07 Å². The molecule has 1 rings (SSSR count). The van der Waals surface area contributed by atoms with Crippen LogP contribution in [-0.4, -0.2) is 30.2 Å². The Morgan fingerprint density at radius 1 is 1.33 bits per heavy atom. The summed E-state index contributed by atoms with van der Waals surface area (Å²) in [7, 11) is 0. The summed E-state index contributed by atoms with van der Waals surface area (Å²) in [4.78, 5) is 12.2. The molecule has 0 aliphatic heterocycles. The molecule has 100 valence electrons. The van der Waals surface area contributed by atoms with Gasteiger partial charge in [0.25, 0.3) is 5.91 Å². The summed E-state index contributed by atoms with van der Waals surface area (Å²) < 4.78 is 0. The second-order valence-corrected chi connectivity index (χ2v) is 4.58. The Morgan fingerprint density at radius 2 is 2.00 bits per heavy atom. The van der Waals surface area contributed by atoms with Gasteiger partial charge in [-0.25, -0.2) is 0 Å². The Balaban J connectivity index is 2.83. The van der Waals surface area contributed by atoms with Gasteiger partial charge < -0.3 is 15.7 Å². The van der Waals surface area contributed by atoms with Crippen molar-refractivity contribution in [3.8, 4) is 0 Å². The van der Waals surface area contributed by atoms with Gasteiger partial charge in [0.05, 0.1) is 18.2 Å². The first-order valence-corrected chi connectivity index (χ1v) is 6.34. The zero-order valence-corrected chi connectivity index (χ0v) is 11.2. The quantitative estimate of drug-likeness (QED) is 0.722. The summed E-state index contributed by atoms with van der Waals surface area (Å²) in [6, 6.07) is 7.16. The minimum absolute atomic E-state index is 0.0488. The fraction of sp³-hybridized carbons (Fsp3) is 0.500. The third kappa shape index (κ3) is 3.74. The number of amides is 1. The van der Waals surface area contributed by atoms with Gasteiger partial charge in [0.2, 0.25) is 0 Å². The smallest absolute Gasteiger partial charge is 0.253 e. The molecule has 1 aromatic carbocycles. The average Bonchev–Trinajstić information content (AvgIpc) is 2.36. The normalized spacial score (nSPS) is 12.3. The fourth-order valence-electron chi connectivity index (χ4n) is 1.69. The van der Waals surface area contributed by atoms with Crippen LogP contribution in [0.3, 0.4) is 0 Å². The maximum atomic E-state index is 12.2. The number of anilines is 1. The van der Waals surface area contributed by atoms with Gasteiger partial charge in [0, 0.05) is 12.2 Å². The molecule has 0 aliphatic carbocycles. The monoisotopic (exact) mass is 250 g/mol. The van der Waals surface area contributed by atoms with E-state index in [0.717, 1.165) is 12.2 Å². The number of aliphatic hydroxyl groups excluding tert-OH is 1. The van der Waals surface area contributed by atoms with Crippen molar-refractivity contribution < 1.29 is 9.90 Å². The van der Waals surface area contributed by atoms with E-state index in [9.17, 15) is 9.90 Å². The van der Waals surface area contributed by atoms with Crippen molar-refractivity contribution >= 4 is 11.6 Å². The van der Waals surface area contributed by atoms with Crippen LogP contribution in [-0.2, 0) is 0 Å². The number of nitrogens with one attached hydrogen (secondary N) is 2. The van der Waals surface area contributed by atoms with Crippen molar-refractivity contribution in [2.75, 3.05) is 18.5 Å². The molecule has 0 aromatic heterocycles. The number of carbonyl (C=O) groups excluding carboxylic acids is 1. The Morgan fingerprint density at radius 3 is 2.56 bits per heavy atom. The van der Waals surface area contributed by atoms with Crippen LogP contribution in [0, 0.1) is 5.92 Å². The van der Waals surface area contributed by atoms with Crippen molar-refractivity contribution in [2.45, 2.75) is 26.8 Å². The predicted molar refractivity (Wildman–Crippen MR) is 73.8 cm³/mol. The van der Waals surface area contributed by atoms with Gasteiger partial charge in [-0.3, -0.25) is 4.79 Å². The van der Waals surface area contributed by atoms with Crippen molar-refractivity contribution in [3.05, 3.63) is 29.8 Å². The van der Waals surface area contributed by atoms with Crippen molar-refractivity contribution in [3.63, 3.8) is 0 Å². The highest BCUT2D eigenvalue weighted by atomic mass is 16.3. The van der Waals surface area contributed by atoms with Crippen LogP contribution < -0.4 is 10.6 Å². The molecule has 1 unspecified atom stereocenters. The molecule has 0 saturated carbocycles.